The summed E-state index contributed by atoms with van der Waals surface area (Å²) < 4.78 is 4.95. The molecule has 4 heteroatoms. The molecular weight excluding hydrogens is 180 g/mol. The molecule has 0 bridgehead atoms. The van der Waals surface area contributed by atoms with Crippen LogP contribution in [0, 0.1) is 11.3 Å². The maximum atomic E-state index is 11.2. The van der Waals surface area contributed by atoms with E-state index in [1.165, 1.54) is 14.0 Å². The molecule has 1 aromatic rings. The molecule has 14 heavy (non-hydrogen) atoms. The van der Waals surface area contributed by atoms with E-state index in [2.05, 4.69) is 0 Å². The third-order valence-electron chi connectivity index (χ3n) is 1.88. The van der Waals surface area contributed by atoms with Gasteiger partial charge in [0.2, 0.25) is 0 Å². The van der Waals surface area contributed by atoms with Gasteiger partial charge in [0.25, 0.3) is 0 Å². The lowest BCUT2D eigenvalue weighted by molar-refractivity contribution is 0.101. The van der Waals surface area contributed by atoms with Crippen LogP contribution in [0.25, 0.3) is 0 Å². The molecule has 1 aromatic carbocycles. The molecule has 0 fully saturated rings. The van der Waals surface area contributed by atoms with E-state index >= 15 is 0 Å². The molecule has 72 valence electrons. The maximum Gasteiger partial charge on any atom is 0.163 e. The minimum absolute atomic E-state index is 0.194. The van der Waals surface area contributed by atoms with Crippen LogP contribution in [0.3, 0.4) is 0 Å². The van der Waals surface area contributed by atoms with Gasteiger partial charge in [-0.05, 0) is 19.1 Å². The summed E-state index contributed by atoms with van der Waals surface area (Å²) in [7, 11) is 1.44. The first kappa shape index (κ1) is 10.1. The normalized spacial score (nSPS) is 9.21. The first-order valence-electron chi connectivity index (χ1n) is 3.99. The van der Waals surface area contributed by atoms with E-state index in [9.17, 15) is 4.79 Å². The van der Waals surface area contributed by atoms with Gasteiger partial charge in [0.05, 0.1) is 12.7 Å². The van der Waals surface area contributed by atoms with Crippen molar-refractivity contribution in [3.8, 4) is 11.8 Å². The number of hydrogen-bond acceptors (Lipinski definition) is 4. The van der Waals surface area contributed by atoms with Crippen molar-refractivity contribution in [3.63, 3.8) is 0 Å². The number of hydrogen-bond donors (Lipinski definition) is 1. The number of benzene rings is 1. The van der Waals surface area contributed by atoms with Crippen molar-refractivity contribution in [2.24, 2.45) is 0 Å². The molecule has 0 aliphatic rings. The number of nitriles is 1. The van der Waals surface area contributed by atoms with Crippen molar-refractivity contribution in [2.75, 3.05) is 12.8 Å². The minimum Gasteiger partial charge on any atom is -0.495 e. The average molecular weight is 190 g/mol. The predicted octanol–water partition coefficient (Wildman–Crippen LogP) is 1.35. The van der Waals surface area contributed by atoms with E-state index in [-0.39, 0.29) is 16.9 Å². The molecule has 0 aliphatic carbocycles. The fraction of sp³-hybridized carbons (Fsp3) is 0.200. The zero-order valence-corrected chi connectivity index (χ0v) is 8.00. The van der Waals surface area contributed by atoms with Crippen molar-refractivity contribution < 1.29 is 9.53 Å². The van der Waals surface area contributed by atoms with E-state index in [1.54, 1.807) is 12.1 Å². The fourth-order valence-electron chi connectivity index (χ4n) is 1.26. The molecule has 0 saturated heterocycles. The second kappa shape index (κ2) is 3.79. The number of nitrogen functional groups attached to an aromatic ring is 1. The summed E-state index contributed by atoms with van der Waals surface area (Å²) >= 11 is 0. The summed E-state index contributed by atoms with van der Waals surface area (Å²) in [6, 6.07) is 5.03. The zero-order valence-electron chi connectivity index (χ0n) is 8.00. The highest BCUT2D eigenvalue weighted by Crippen LogP contribution is 2.26. The van der Waals surface area contributed by atoms with Gasteiger partial charge in [-0.3, -0.25) is 4.79 Å². The van der Waals surface area contributed by atoms with E-state index < -0.39 is 0 Å². The van der Waals surface area contributed by atoms with Crippen LogP contribution < -0.4 is 10.5 Å². The standard InChI is InChI=1S/C10H10N2O2/c1-6(13)10-7(5-11)9(14-2)4-3-8(10)12/h3-4H,12H2,1-2H3. The summed E-state index contributed by atoms with van der Waals surface area (Å²) in [4.78, 5) is 11.2. The van der Waals surface area contributed by atoms with Crippen LogP contribution in [-0.2, 0) is 0 Å². The molecule has 0 amide bonds. The summed E-state index contributed by atoms with van der Waals surface area (Å²) in [5, 5.41) is 8.87. The van der Waals surface area contributed by atoms with Crippen molar-refractivity contribution >= 4 is 11.5 Å². The van der Waals surface area contributed by atoms with Crippen LogP contribution in [0.15, 0.2) is 12.1 Å². The van der Waals surface area contributed by atoms with E-state index in [4.69, 9.17) is 15.7 Å². The quantitative estimate of drug-likeness (QED) is 0.564. The van der Waals surface area contributed by atoms with Gasteiger partial charge in [0.1, 0.15) is 17.4 Å². The third kappa shape index (κ3) is 1.52. The van der Waals surface area contributed by atoms with Gasteiger partial charge in [-0.15, -0.1) is 0 Å². The van der Waals surface area contributed by atoms with Crippen molar-refractivity contribution in [3.05, 3.63) is 23.3 Å². The van der Waals surface area contributed by atoms with E-state index in [1.807, 2.05) is 6.07 Å². The number of carbonyl (C=O) groups excluding carboxylic acids is 1. The molecule has 0 saturated carbocycles. The lowest BCUT2D eigenvalue weighted by Gasteiger charge is -2.08. The van der Waals surface area contributed by atoms with Crippen LogP contribution >= 0.6 is 0 Å². The molecule has 0 aliphatic heterocycles. The summed E-state index contributed by atoms with van der Waals surface area (Å²) in [5.74, 6) is 0.129. The molecule has 0 atom stereocenters. The number of methoxy groups -OCH3 is 1. The first-order chi connectivity index (χ1) is 6.61. The van der Waals surface area contributed by atoms with Gasteiger partial charge in [0.15, 0.2) is 5.78 Å². The van der Waals surface area contributed by atoms with Gasteiger partial charge < -0.3 is 10.5 Å². The van der Waals surface area contributed by atoms with Gasteiger partial charge in [0, 0.05) is 5.69 Å². The number of ether oxygens (including phenoxy) is 1. The van der Waals surface area contributed by atoms with E-state index in [0.717, 1.165) is 0 Å². The lowest BCUT2D eigenvalue weighted by atomic mass is 10.0. The summed E-state index contributed by atoms with van der Waals surface area (Å²) in [6.07, 6.45) is 0. The molecule has 4 nitrogen and oxygen atoms in total. The fourth-order valence-corrected chi connectivity index (χ4v) is 1.26. The lowest BCUT2D eigenvalue weighted by Crippen LogP contribution is -2.04. The number of ketones is 1. The molecule has 0 heterocycles. The second-order valence-electron chi connectivity index (χ2n) is 2.78. The highest BCUT2D eigenvalue weighted by atomic mass is 16.5. The molecule has 0 spiro atoms. The largest absolute Gasteiger partial charge is 0.495 e. The number of carbonyl (C=O) groups is 1. The Morgan fingerprint density at radius 3 is 2.64 bits per heavy atom. The molecule has 0 radical (unpaired) electrons. The second-order valence-corrected chi connectivity index (χ2v) is 2.78. The van der Waals surface area contributed by atoms with Crippen molar-refractivity contribution in [1.29, 1.82) is 5.26 Å². The average Bonchev–Trinajstić information content (AvgIpc) is 2.16. The Labute approximate surface area is 81.9 Å². The van der Waals surface area contributed by atoms with Gasteiger partial charge in [-0.1, -0.05) is 0 Å². The number of nitrogens with two attached hydrogens (primary N) is 1. The van der Waals surface area contributed by atoms with Gasteiger partial charge in [-0.2, -0.15) is 5.26 Å². The Bertz CT molecular complexity index is 419. The van der Waals surface area contributed by atoms with E-state index in [0.29, 0.717) is 11.4 Å². The highest BCUT2D eigenvalue weighted by molar-refractivity contribution is 6.02. The predicted molar refractivity (Wildman–Crippen MR) is 52.1 cm³/mol. The van der Waals surface area contributed by atoms with Crippen molar-refractivity contribution in [2.45, 2.75) is 6.92 Å². The first-order valence-corrected chi connectivity index (χ1v) is 3.99. The topological polar surface area (TPSA) is 76.1 Å². The SMILES string of the molecule is COc1ccc(N)c(C(C)=O)c1C#N. The van der Waals surface area contributed by atoms with Gasteiger partial charge >= 0.3 is 0 Å². The Kier molecular flexibility index (Phi) is 2.73. The van der Waals surface area contributed by atoms with Crippen LogP contribution in [0.2, 0.25) is 0 Å². The number of rotatable bonds is 2. The molecular formula is C10H10N2O2. The zero-order chi connectivity index (χ0) is 10.7. The minimum atomic E-state index is -0.238. The molecule has 1 rings (SSSR count). The molecule has 0 unspecified atom stereocenters. The molecule has 0 aromatic heterocycles. The Hall–Kier alpha value is -2.02. The summed E-state index contributed by atoms with van der Waals surface area (Å²) in [5.41, 5.74) is 6.32. The Balaban J connectivity index is 3.53. The number of anilines is 1. The van der Waals surface area contributed by atoms with Crippen molar-refractivity contribution in [1.82, 2.24) is 0 Å². The number of Topliss-reactive ketones (excluding diaryl/α,β-unsaturated/α-hetero) is 1. The Morgan fingerprint density at radius 1 is 1.57 bits per heavy atom. The monoisotopic (exact) mass is 190 g/mol. The highest BCUT2D eigenvalue weighted by Gasteiger charge is 2.15. The summed E-state index contributed by atoms with van der Waals surface area (Å²) in [6.45, 7) is 1.37. The third-order valence-corrected chi connectivity index (χ3v) is 1.88. The van der Waals surface area contributed by atoms with Crippen LogP contribution in [0.5, 0.6) is 5.75 Å². The number of nitrogens with zero attached hydrogens (tertiary/aromatic N) is 1. The molecule has 2 N–H and O–H groups in total. The Morgan fingerprint density at radius 2 is 2.21 bits per heavy atom. The maximum absolute atomic E-state index is 11.2. The van der Waals surface area contributed by atoms with Crippen LogP contribution in [0.4, 0.5) is 5.69 Å². The van der Waals surface area contributed by atoms with Crippen LogP contribution in [0.1, 0.15) is 22.8 Å². The van der Waals surface area contributed by atoms with Crippen LogP contribution in [-0.4, -0.2) is 12.9 Å². The smallest absolute Gasteiger partial charge is 0.163 e. The van der Waals surface area contributed by atoms with Gasteiger partial charge in [-0.25, -0.2) is 0 Å².